The fraction of sp³-hybridized carbons (Fsp3) is 1.00. The van der Waals surface area contributed by atoms with Crippen LogP contribution in [0.3, 0.4) is 0 Å². The molecule has 0 aromatic carbocycles. The third-order valence-corrected chi connectivity index (χ3v) is 7.01. The van der Waals surface area contributed by atoms with Gasteiger partial charge in [-0.25, -0.2) is 0 Å². The molecule has 2 rings (SSSR count). The van der Waals surface area contributed by atoms with Crippen molar-refractivity contribution in [3.05, 3.63) is 0 Å². The second-order valence-corrected chi connectivity index (χ2v) is 8.81. The minimum Gasteiger partial charge on any atom is -0.289 e. The van der Waals surface area contributed by atoms with Crippen LogP contribution in [0, 0.1) is 29.6 Å². The van der Waals surface area contributed by atoms with Crippen molar-refractivity contribution in [2.24, 2.45) is 29.6 Å². The Labute approximate surface area is 152 Å². The summed E-state index contributed by atoms with van der Waals surface area (Å²) >= 11 is 0. The maximum Gasteiger partial charge on any atom is 0.522 e. The Morgan fingerprint density at radius 1 is 0.880 bits per heavy atom. The van der Waals surface area contributed by atoms with Gasteiger partial charge < -0.3 is 0 Å². The fourth-order valence-electron chi connectivity index (χ4n) is 5.35. The zero-order chi connectivity index (χ0) is 18.4. The van der Waals surface area contributed by atoms with E-state index in [0.717, 1.165) is 30.6 Å². The van der Waals surface area contributed by atoms with E-state index >= 15 is 0 Å². The average molecular weight is 363 g/mol. The largest absolute Gasteiger partial charge is 0.522 e. The summed E-state index contributed by atoms with van der Waals surface area (Å²) in [6.45, 7) is 6.11. The van der Waals surface area contributed by atoms with Gasteiger partial charge in [-0.1, -0.05) is 33.1 Å². The average Bonchev–Trinajstić information content (AvgIpc) is 2.55. The third kappa shape index (κ3) is 7.11. The monoisotopic (exact) mass is 362 g/mol. The maximum absolute atomic E-state index is 12.3. The molecule has 4 heteroatoms. The summed E-state index contributed by atoms with van der Waals surface area (Å²) in [6.07, 6.45) is 8.11. The zero-order valence-corrected chi connectivity index (χ0v) is 16.3. The first-order chi connectivity index (χ1) is 11.8. The lowest BCUT2D eigenvalue weighted by molar-refractivity contribution is -0.341. The minimum atomic E-state index is -4.50. The van der Waals surface area contributed by atoms with Gasteiger partial charge in [0, 0.05) is 0 Å². The first-order valence-electron chi connectivity index (χ1n) is 10.5. The molecule has 0 aromatic rings. The Balaban J connectivity index is 1.72. The predicted octanol–water partition coefficient (Wildman–Crippen LogP) is 7.35. The summed E-state index contributed by atoms with van der Waals surface area (Å²) in [7, 11) is 0. The number of alkyl halides is 3. The van der Waals surface area contributed by atoms with Crippen LogP contribution in [0.2, 0.25) is 0 Å². The first-order valence-corrected chi connectivity index (χ1v) is 10.5. The van der Waals surface area contributed by atoms with Crippen LogP contribution in [0.1, 0.15) is 91.4 Å². The predicted molar refractivity (Wildman–Crippen MR) is 96.2 cm³/mol. The van der Waals surface area contributed by atoms with E-state index in [1.807, 2.05) is 0 Å². The standard InChI is InChI=1S/C21H37F3O/c1-4-17(10-7-16(3)25-21(22,23)24)18-11-13-20(14-12-18)19-8-5-15(2)6-9-19/h15-20H,4-14H2,1-3H3. The van der Waals surface area contributed by atoms with Crippen molar-refractivity contribution >= 4 is 0 Å². The van der Waals surface area contributed by atoms with Crippen LogP contribution in [-0.2, 0) is 4.74 Å². The molecule has 2 atom stereocenters. The molecule has 0 amide bonds. The maximum atomic E-state index is 12.3. The van der Waals surface area contributed by atoms with Crippen LogP contribution < -0.4 is 0 Å². The Morgan fingerprint density at radius 2 is 1.40 bits per heavy atom. The highest BCUT2D eigenvalue weighted by molar-refractivity contribution is 4.83. The van der Waals surface area contributed by atoms with E-state index < -0.39 is 12.5 Å². The van der Waals surface area contributed by atoms with Gasteiger partial charge in [0.05, 0.1) is 6.10 Å². The number of hydrogen-bond acceptors (Lipinski definition) is 1. The van der Waals surface area contributed by atoms with Crippen molar-refractivity contribution in [1.82, 2.24) is 0 Å². The molecular weight excluding hydrogens is 325 g/mol. The molecule has 0 heterocycles. The van der Waals surface area contributed by atoms with Crippen molar-refractivity contribution in [3.8, 4) is 0 Å². The molecule has 2 fully saturated rings. The second-order valence-electron chi connectivity index (χ2n) is 8.81. The van der Waals surface area contributed by atoms with Crippen LogP contribution in [0.5, 0.6) is 0 Å². The van der Waals surface area contributed by atoms with E-state index in [1.54, 1.807) is 6.92 Å². The van der Waals surface area contributed by atoms with Gasteiger partial charge in [0.25, 0.3) is 0 Å². The molecule has 148 valence electrons. The van der Waals surface area contributed by atoms with Gasteiger partial charge in [-0.3, -0.25) is 4.74 Å². The van der Waals surface area contributed by atoms with Gasteiger partial charge >= 0.3 is 6.36 Å². The smallest absolute Gasteiger partial charge is 0.289 e. The first kappa shape index (κ1) is 21.1. The molecule has 0 radical (unpaired) electrons. The summed E-state index contributed by atoms with van der Waals surface area (Å²) in [6, 6.07) is 0. The Morgan fingerprint density at radius 3 is 1.88 bits per heavy atom. The summed E-state index contributed by atoms with van der Waals surface area (Å²) in [5, 5.41) is 0. The molecule has 1 nitrogen and oxygen atoms in total. The highest BCUT2D eigenvalue weighted by Gasteiger charge is 2.34. The van der Waals surface area contributed by atoms with E-state index in [-0.39, 0.29) is 0 Å². The molecule has 2 aliphatic rings. The molecule has 2 unspecified atom stereocenters. The van der Waals surface area contributed by atoms with E-state index in [9.17, 15) is 13.2 Å². The number of rotatable bonds is 7. The third-order valence-electron chi connectivity index (χ3n) is 7.01. The minimum absolute atomic E-state index is 0.512. The Bertz CT molecular complexity index is 366. The highest BCUT2D eigenvalue weighted by Crippen LogP contribution is 2.44. The van der Waals surface area contributed by atoms with Crippen LogP contribution in [-0.4, -0.2) is 12.5 Å². The van der Waals surface area contributed by atoms with Gasteiger partial charge in [-0.05, 0) is 87.9 Å². The molecular formula is C21H37F3O. The molecule has 0 saturated heterocycles. The van der Waals surface area contributed by atoms with Crippen LogP contribution >= 0.6 is 0 Å². The number of hydrogen-bond donors (Lipinski definition) is 0. The van der Waals surface area contributed by atoms with Crippen molar-refractivity contribution in [1.29, 1.82) is 0 Å². The second kappa shape index (κ2) is 9.62. The lowest BCUT2D eigenvalue weighted by Gasteiger charge is -2.39. The van der Waals surface area contributed by atoms with Gasteiger partial charge in [-0.2, -0.15) is 0 Å². The lowest BCUT2D eigenvalue weighted by atomic mass is 9.67. The van der Waals surface area contributed by atoms with E-state index in [2.05, 4.69) is 18.6 Å². The molecule has 2 aliphatic carbocycles. The molecule has 2 saturated carbocycles. The quantitative estimate of drug-likeness (QED) is 0.460. The Hall–Kier alpha value is -0.250. The zero-order valence-electron chi connectivity index (χ0n) is 16.3. The van der Waals surface area contributed by atoms with E-state index in [1.165, 1.54) is 51.4 Å². The van der Waals surface area contributed by atoms with Crippen LogP contribution in [0.15, 0.2) is 0 Å². The SMILES string of the molecule is CCC(CCC(C)OC(F)(F)F)C1CCC(C2CCC(C)CC2)CC1. The van der Waals surface area contributed by atoms with Gasteiger partial charge in [0.15, 0.2) is 0 Å². The van der Waals surface area contributed by atoms with Gasteiger partial charge in [0.1, 0.15) is 0 Å². The van der Waals surface area contributed by atoms with E-state index in [0.29, 0.717) is 18.3 Å². The highest BCUT2D eigenvalue weighted by atomic mass is 19.4. The molecule has 0 aromatic heterocycles. The van der Waals surface area contributed by atoms with Gasteiger partial charge in [-0.15, -0.1) is 13.2 Å². The molecule has 0 N–H and O–H groups in total. The molecule has 0 aliphatic heterocycles. The van der Waals surface area contributed by atoms with E-state index in [4.69, 9.17) is 0 Å². The topological polar surface area (TPSA) is 9.23 Å². The number of halogens is 3. The normalized spacial score (nSPS) is 33.8. The summed E-state index contributed by atoms with van der Waals surface area (Å²) in [4.78, 5) is 0. The molecule has 0 bridgehead atoms. The van der Waals surface area contributed by atoms with Gasteiger partial charge in [0.2, 0.25) is 0 Å². The van der Waals surface area contributed by atoms with Crippen molar-refractivity contribution in [2.45, 2.75) is 104 Å². The van der Waals surface area contributed by atoms with Crippen LogP contribution in [0.4, 0.5) is 13.2 Å². The summed E-state index contributed by atoms with van der Waals surface area (Å²) in [5.41, 5.74) is 0. The summed E-state index contributed by atoms with van der Waals surface area (Å²) < 4.78 is 41.0. The van der Waals surface area contributed by atoms with Crippen molar-refractivity contribution in [2.75, 3.05) is 0 Å². The molecule has 25 heavy (non-hydrogen) atoms. The lowest BCUT2D eigenvalue weighted by Crippen LogP contribution is -2.28. The Kier molecular flexibility index (Phi) is 8.10. The molecule has 0 spiro atoms. The fourth-order valence-corrected chi connectivity index (χ4v) is 5.35. The van der Waals surface area contributed by atoms with Crippen molar-refractivity contribution in [3.63, 3.8) is 0 Å². The van der Waals surface area contributed by atoms with Crippen LogP contribution in [0.25, 0.3) is 0 Å². The number of ether oxygens (including phenoxy) is 1. The van der Waals surface area contributed by atoms with Crippen molar-refractivity contribution < 1.29 is 17.9 Å². The summed E-state index contributed by atoms with van der Waals surface area (Å²) in [5.74, 6) is 4.04.